The van der Waals surface area contributed by atoms with Crippen LogP contribution in [0.25, 0.3) is 0 Å². The number of nitrogens with one attached hydrogen (secondary N) is 2. The Kier molecular flexibility index (Phi) is 2.59. The van der Waals surface area contributed by atoms with Crippen LogP contribution in [0.3, 0.4) is 0 Å². The van der Waals surface area contributed by atoms with Crippen LogP contribution >= 0.6 is 0 Å². The zero-order valence-electron chi connectivity index (χ0n) is 9.75. The first-order valence-corrected chi connectivity index (χ1v) is 6.20. The summed E-state index contributed by atoms with van der Waals surface area (Å²) >= 11 is 0. The Labute approximate surface area is 101 Å². The molecule has 1 aromatic rings. The van der Waals surface area contributed by atoms with Crippen molar-refractivity contribution < 1.29 is 4.79 Å². The normalized spacial score (nSPS) is 19.4. The topological polar surface area (TPSA) is 41.1 Å². The maximum atomic E-state index is 12.5. The minimum absolute atomic E-state index is 0.190. The van der Waals surface area contributed by atoms with Crippen LogP contribution in [-0.2, 0) is 6.42 Å². The van der Waals surface area contributed by atoms with Crippen LogP contribution < -0.4 is 10.6 Å². The van der Waals surface area contributed by atoms with Gasteiger partial charge in [0.25, 0.3) is 0 Å². The van der Waals surface area contributed by atoms with Crippen LogP contribution in [0, 0.1) is 0 Å². The van der Waals surface area contributed by atoms with Crippen LogP contribution in [0.4, 0.5) is 0 Å². The summed E-state index contributed by atoms with van der Waals surface area (Å²) in [6.07, 6.45) is 2.91. The molecule has 0 atom stereocenters. The van der Waals surface area contributed by atoms with Gasteiger partial charge in [0.15, 0.2) is 5.78 Å². The van der Waals surface area contributed by atoms with E-state index < -0.39 is 0 Å². The molecule has 3 heteroatoms. The van der Waals surface area contributed by atoms with E-state index in [2.05, 4.69) is 16.7 Å². The average molecular weight is 228 g/mol. The van der Waals surface area contributed by atoms with Crippen molar-refractivity contribution in [1.29, 1.82) is 0 Å². The highest BCUT2D eigenvalue weighted by molar-refractivity contribution is 6.10. The molecule has 88 valence electrons. The van der Waals surface area contributed by atoms with Crippen molar-refractivity contribution in [3.63, 3.8) is 0 Å². The maximum Gasteiger partial charge on any atom is 0.192 e. The molecule has 1 aromatic carbocycles. The molecule has 0 spiro atoms. The fourth-order valence-electron chi connectivity index (χ4n) is 2.58. The minimum Gasteiger partial charge on any atom is -0.370 e. The van der Waals surface area contributed by atoms with Gasteiger partial charge in [0, 0.05) is 24.2 Å². The molecule has 1 saturated heterocycles. The summed E-state index contributed by atoms with van der Waals surface area (Å²) in [7, 11) is 0. The van der Waals surface area contributed by atoms with E-state index in [9.17, 15) is 4.79 Å². The Morgan fingerprint density at radius 1 is 1.00 bits per heavy atom. The average Bonchev–Trinajstić information content (AvgIpc) is 2.83. The molecule has 0 unspecified atom stereocenters. The molecule has 0 bridgehead atoms. The second kappa shape index (κ2) is 4.24. The quantitative estimate of drug-likeness (QED) is 0.523. The van der Waals surface area contributed by atoms with E-state index >= 15 is 0 Å². The van der Waals surface area contributed by atoms with E-state index in [0.29, 0.717) is 0 Å². The number of Topliss-reactive ketones (excluding diaryl/α,β-unsaturated/α-hetero) is 1. The molecule has 0 radical (unpaired) electrons. The van der Waals surface area contributed by atoms with Crippen molar-refractivity contribution >= 4 is 5.78 Å². The van der Waals surface area contributed by atoms with E-state index in [1.165, 1.54) is 5.56 Å². The van der Waals surface area contributed by atoms with Gasteiger partial charge in [-0.3, -0.25) is 4.79 Å². The molecule has 2 N–H and O–H groups in total. The van der Waals surface area contributed by atoms with Crippen LogP contribution in [0.2, 0.25) is 0 Å². The predicted molar refractivity (Wildman–Crippen MR) is 66.7 cm³/mol. The maximum absolute atomic E-state index is 12.5. The fraction of sp³-hybridized carbons (Fsp3) is 0.357. The molecular weight excluding hydrogens is 212 g/mol. The van der Waals surface area contributed by atoms with Crippen molar-refractivity contribution in [3.8, 4) is 0 Å². The van der Waals surface area contributed by atoms with Crippen molar-refractivity contribution in [2.24, 2.45) is 0 Å². The largest absolute Gasteiger partial charge is 0.370 e. The second-order valence-corrected chi connectivity index (χ2v) is 4.55. The lowest BCUT2D eigenvalue weighted by Crippen LogP contribution is -2.18. The molecule has 0 saturated carbocycles. The summed E-state index contributed by atoms with van der Waals surface area (Å²) in [4.78, 5) is 12.5. The summed E-state index contributed by atoms with van der Waals surface area (Å²) < 4.78 is 0. The van der Waals surface area contributed by atoms with Crippen LogP contribution in [0.5, 0.6) is 0 Å². The smallest absolute Gasteiger partial charge is 0.192 e. The van der Waals surface area contributed by atoms with Crippen molar-refractivity contribution in [2.45, 2.75) is 19.3 Å². The molecule has 0 amide bonds. The lowest BCUT2D eigenvalue weighted by molar-refractivity contribution is 0.103. The number of aryl methyl sites for hydroxylation is 1. The highest BCUT2D eigenvalue weighted by Crippen LogP contribution is 2.25. The number of rotatable bonds is 0. The molecule has 3 nitrogen and oxygen atoms in total. The van der Waals surface area contributed by atoms with Crippen molar-refractivity contribution in [2.75, 3.05) is 13.1 Å². The highest BCUT2D eigenvalue weighted by atomic mass is 16.1. The summed E-state index contributed by atoms with van der Waals surface area (Å²) in [5, 5.41) is 6.53. The Hall–Kier alpha value is -1.77. The Balaban J connectivity index is 2.05. The molecule has 1 heterocycles. The number of carbonyl (C=O) groups is 1. The standard InChI is InChI=1S/C14H16N2O/c17-13-11-6-2-1-4-10(11)5-3-7-12(13)14-15-8-9-16-14/h1-2,4,6,15-16H,3,5,7-9H2. The molecule has 1 aliphatic heterocycles. The van der Waals surface area contributed by atoms with Crippen molar-refractivity contribution in [3.05, 3.63) is 46.8 Å². The summed E-state index contributed by atoms with van der Waals surface area (Å²) in [5.41, 5.74) is 2.99. The first-order valence-electron chi connectivity index (χ1n) is 6.20. The first-order chi connectivity index (χ1) is 8.36. The van der Waals surface area contributed by atoms with Crippen LogP contribution in [0.15, 0.2) is 35.7 Å². The van der Waals surface area contributed by atoms with E-state index in [4.69, 9.17) is 0 Å². The number of carbonyl (C=O) groups excluding carboxylic acids is 1. The minimum atomic E-state index is 0.190. The predicted octanol–water partition coefficient (Wildman–Crippen LogP) is 1.61. The summed E-state index contributed by atoms with van der Waals surface area (Å²) in [6.45, 7) is 1.82. The van der Waals surface area contributed by atoms with Gasteiger partial charge in [-0.25, -0.2) is 0 Å². The van der Waals surface area contributed by atoms with E-state index in [1.807, 2.05) is 18.2 Å². The SMILES string of the molecule is O=C1C(=C2NCCN2)CCCc2ccccc21. The number of hydrogen-bond acceptors (Lipinski definition) is 3. The number of ketones is 1. The Morgan fingerprint density at radius 2 is 1.76 bits per heavy atom. The third-order valence-electron chi connectivity index (χ3n) is 3.44. The van der Waals surface area contributed by atoms with Gasteiger partial charge >= 0.3 is 0 Å². The molecule has 2 aliphatic rings. The molecule has 3 rings (SSSR count). The van der Waals surface area contributed by atoms with Gasteiger partial charge in [0.2, 0.25) is 0 Å². The summed E-state index contributed by atoms with van der Waals surface area (Å²) in [5.74, 6) is 1.14. The van der Waals surface area contributed by atoms with E-state index in [1.54, 1.807) is 0 Å². The molecule has 1 fully saturated rings. The fourth-order valence-corrected chi connectivity index (χ4v) is 2.58. The van der Waals surface area contributed by atoms with Gasteiger partial charge in [-0.1, -0.05) is 24.3 Å². The molecule has 0 aromatic heterocycles. The number of benzene rings is 1. The third kappa shape index (κ3) is 1.82. The number of hydrogen-bond donors (Lipinski definition) is 2. The summed E-state index contributed by atoms with van der Waals surface area (Å²) in [6, 6.07) is 7.96. The van der Waals surface area contributed by atoms with Crippen molar-refractivity contribution in [1.82, 2.24) is 10.6 Å². The lowest BCUT2D eigenvalue weighted by Gasteiger charge is -2.09. The zero-order chi connectivity index (χ0) is 11.7. The monoisotopic (exact) mass is 228 g/mol. The van der Waals surface area contributed by atoms with Crippen LogP contribution in [0.1, 0.15) is 28.8 Å². The molecular formula is C14H16N2O. The molecule has 1 aliphatic carbocycles. The molecule has 17 heavy (non-hydrogen) atoms. The van der Waals surface area contributed by atoms with E-state index in [0.717, 1.165) is 49.3 Å². The van der Waals surface area contributed by atoms with Gasteiger partial charge in [-0.05, 0) is 24.8 Å². The second-order valence-electron chi connectivity index (χ2n) is 4.55. The van der Waals surface area contributed by atoms with Gasteiger partial charge < -0.3 is 10.6 Å². The lowest BCUT2D eigenvalue weighted by atomic mass is 10.00. The van der Waals surface area contributed by atoms with Gasteiger partial charge in [0.05, 0.1) is 0 Å². The van der Waals surface area contributed by atoms with Gasteiger partial charge in [-0.2, -0.15) is 0 Å². The zero-order valence-corrected chi connectivity index (χ0v) is 9.75. The van der Waals surface area contributed by atoms with Gasteiger partial charge in [-0.15, -0.1) is 0 Å². The third-order valence-corrected chi connectivity index (χ3v) is 3.44. The number of allylic oxidation sites excluding steroid dienone is 1. The van der Waals surface area contributed by atoms with E-state index in [-0.39, 0.29) is 5.78 Å². The number of fused-ring (bicyclic) bond motifs is 1. The van der Waals surface area contributed by atoms with Crippen LogP contribution in [-0.4, -0.2) is 18.9 Å². The Bertz CT molecular complexity index is 483. The van der Waals surface area contributed by atoms with Gasteiger partial charge in [0.1, 0.15) is 5.82 Å². The Morgan fingerprint density at radius 3 is 2.59 bits per heavy atom. The highest BCUT2D eigenvalue weighted by Gasteiger charge is 2.23. The first kappa shape index (κ1) is 10.4.